The van der Waals surface area contributed by atoms with Crippen molar-refractivity contribution in [1.29, 1.82) is 0 Å². The number of hydrogen-bond donors (Lipinski definition) is 0. The number of rotatable bonds is 8. The van der Waals surface area contributed by atoms with Crippen LogP contribution in [0.25, 0.3) is 0 Å². The van der Waals surface area contributed by atoms with Gasteiger partial charge >= 0.3 is 0 Å². The molecule has 1 aliphatic carbocycles. The Bertz CT molecular complexity index is 411. The van der Waals surface area contributed by atoms with Gasteiger partial charge in [0.15, 0.2) is 0 Å². The normalized spacial score (nSPS) is 17.1. The van der Waals surface area contributed by atoms with Crippen molar-refractivity contribution in [3.05, 3.63) is 0 Å². The third kappa shape index (κ3) is 5.94. The Hall–Kier alpha value is -0.620. The van der Waals surface area contributed by atoms with Gasteiger partial charge in [0.25, 0.3) is 0 Å². The fraction of sp³-hybridized carbons (Fsp3) is 0.933. The molecule has 0 radical (unpaired) electrons. The van der Waals surface area contributed by atoms with E-state index in [9.17, 15) is 13.2 Å². The van der Waals surface area contributed by atoms with E-state index in [0.29, 0.717) is 13.1 Å². The molecule has 1 fully saturated rings. The van der Waals surface area contributed by atoms with E-state index in [-0.39, 0.29) is 18.5 Å². The van der Waals surface area contributed by atoms with Crippen LogP contribution in [0.1, 0.15) is 58.8 Å². The van der Waals surface area contributed by atoms with E-state index in [1.807, 2.05) is 13.8 Å². The number of carbonyl (C=O) groups excluding carboxylic acids is 1. The summed E-state index contributed by atoms with van der Waals surface area (Å²) in [6.45, 7) is 5.48. The molecule has 0 heterocycles. The summed E-state index contributed by atoms with van der Waals surface area (Å²) in [5, 5.41) is 0. The van der Waals surface area contributed by atoms with E-state index < -0.39 is 10.0 Å². The molecule has 0 aliphatic heterocycles. The Balaban J connectivity index is 2.77. The average Bonchev–Trinajstić information content (AvgIpc) is 2.44. The standard InChI is InChI=1S/C15H30N2O3S/c1-4-11-16(12-5-2)15(18)13-17(21(3,19)20)14-9-7-6-8-10-14/h14H,4-13H2,1-3H3. The van der Waals surface area contributed by atoms with Crippen LogP contribution in [-0.2, 0) is 14.8 Å². The Kier molecular flexibility index (Phi) is 7.66. The van der Waals surface area contributed by atoms with E-state index in [1.165, 1.54) is 17.0 Å². The first kappa shape index (κ1) is 18.4. The fourth-order valence-electron chi connectivity index (χ4n) is 3.02. The minimum Gasteiger partial charge on any atom is -0.342 e. The summed E-state index contributed by atoms with van der Waals surface area (Å²) in [7, 11) is -3.34. The van der Waals surface area contributed by atoms with Crippen LogP contribution in [0.15, 0.2) is 0 Å². The molecule has 0 bridgehead atoms. The summed E-state index contributed by atoms with van der Waals surface area (Å²) in [4.78, 5) is 14.2. The number of nitrogens with zero attached hydrogens (tertiary/aromatic N) is 2. The Morgan fingerprint density at radius 1 is 1.05 bits per heavy atom. The first-order valence-electron chi connectivity index (χ1n) is 8.14. The Labute approximate surface area is 129 Å². The highest BCUT2D eigenvalue weighted by molar-refractivity contribution is 7.88. The summed E-state index contributed by atoms with van der Waals surface area (Å²) in [6, 6.07) is 0.00260. The molecule has 124 valence electrons. The van der Waals surface area contributed by atoms with E-state index in [2.05, 4.69) is 0 Å². The lowest BCUT2D eigenvalue weighted by atomic mass is 9.95. The van der Waals surface area contributed by atoms with Crippen molar-refractivity contribution in [1.82, 2.24) is 9.21 Å². The molecule has 21 heavy (non-hydrogen) atoms. The maximum atomic E-state index is 12.4. The van der Waals surface area contributed by atoms with Gasteiger partial charge in [-0.25, -0.2) is 8.42 Å². The smallest absolute Gasteiger partial charge is 0.237 e. The maximum Gasteiger partial charge on any atom is 0.237 e. The molecule has 1 amide bonds. The zero-order valence-electron chi connectivity index (χ0n) is 13.7. The van der Waals surface area contributed by atoms with Crippen LogP contribution in [0, 0.1) is 0 Å². The zero-order chi connectivity index (χ0) is 15.9. The highest BCUT2D eigenvalue weighted by Crippen LogP contribution is 2.24. The molecule has 5 nitrogen and oxygen atoms in total. The van der Waals surface area contributed by atoms with E-state index in [0.717, 1.165) is 38.5 Å². The highest BCUT2D eigenvalue weighted by Gasteiger charge is 2.30. The van der Waals surface area contributed by atoms with Gasteiger partial charge in [-0.15, -0.1) is 0 Å². The van der Waals surface area contributed by atoms with Crippen LogP contribution in [0.2, 0.25) is 0 Å². The van der Waals surface area contributed by atoms with Crippen molar-refractivity contribution < 1.29 is 13.2 Å². The molecule has 0 aromatic carbocycles. The third-order valence-corrected chi connectivity index (χ3v) is 5.32. The van der Waals surface area contributed by atoms with Gasteiger partial charge in [-0.05, 0) is 25.7 Å². The second-order valence-electron chi connectivity index (χ2n) is 5.98. The molecule has 0 N–H and O–H groups in total. The zero-order valence-corrected chi connectivity index (χ0v) is 14.5. The molecule has 0 unspecified atom stereocenters. The molecule has 1 aliphatic rings. The number of amides is 1. The first-order valence-corrected chi connectivity index (χ1v) is 9.99. The molecular weight excluding hydrogens is 288 g/mol. The average molecular weight is 318 g/mol. The van der Waals surface area contributed by atoms with Gasteiger partial charge in [0.2, 0.25) is 15.9 Å². The van der Waals surface area contributed by atoms with Crippen LogP contribution in [-0.4, -0.2) is 55.5 Å². The molecule has 0 aromatic heterocycles. The predicted octanol–water partition coefficient (Wildman–Crippen LogP) is 2.23. The molecule has 0 saturated heterocycles. The topological polar surface area (TPSA) is 57.7 Å². The second kappa shape index (κ2) is 8.73. The number of hydrogen-bond acceptors (Lipinski definition) is 3. The summed E-state index contributed by atoms with van der Waals surface area (Å²) >= 11 is 0. The van der Waals surface area contributed by atoms with Crippen LogP contribution in [0.5, 0.6) is 0 Å². The van der Waals surface area contributed by atoms with E-state index >= 15 is 0 Å². The SMILES string of the molecule is CCCN(CCC)C(=O)CN(C1CCCCC1)S(C)(=O)=O. The number of carbonyl (C=O) groups is 1. The molecule has 1 rings (SSSR count). The minimum atomic E-state index is -3.34. The van der Waals surface area contributed by atoms with Crippen molar-refractivity contribution in [2.24, 2.45) is 0 Å². The van der Waals surface area contributed by atoms with Gasteiger partial charge in [0.05, 0.1) is 12.8 Å². The van der Waals surface area contributed by atoms with Crippen molar-refractivity contribution >= 4 is 15.9 Å². The van der Waals surface area contributed by atoms with Crippen LogP contribution in [0.4, 0.5) is 0 Å². The molecule has 0 spiro atoms. The highest BCUT2D eigenvalue weighted by atomic mass is 32.2. The lowest BCUT2D eigenvalue weighted by molar-refractivity contribution is -0.132. The monoisotopic (exact) mass is 318 g/mol. The Morgan fingerprint density at radius 2 is 1.57 bits per heavy atom. The van der Waals surface area contributed by atoms with Crippen molar-refractivity contribution in [2.75, 3.05) is 25.9 Å². The largest absolute Gasteiger partial charge is 0.342 e. The number of sulfonamides is 1. The van der Waals surface area contributed by atoms with Crippen LogP contribution < -0.4 is 0 Å². The molecule has 1 saturated carbocycles. The van der Waals surface area contributed by atoms with Gasteiger partial charge in [-0.2, -0.15) is 4.31 Å². The third-order valence-electron chi connectivity index (χ3n) is 4.04. The summed E-state index contributed by atoms with van der Waals surface area (Å²) in [6.07, 6.45) is 8.04. The second-order valence-corrected chi connectivity index (χ2v) is 7.92. The molecule has 6 heteroatoms. The summed E-state index contributed by atoms with van der Waals surface area (Å²) in [5.41, 5.74) is 0. The van der Waals surface area contributed by atoms with Crippen molar-refractivity contribution in [3.63, 3.8) is 0 Å². The predicted molar refractivity (Wildman–Crippen MR) is 85.6 cm³/mol. The Morgan fingerprint density at radius 3 is 2.00 bits per heavy atom. The van der Waals surface area contributed by atoms with Gasteiger partial charge < -0.3 is 4.90 Å². The van der Waals surface area contributed by atoms with E-state index in [4.69, 9.17) is 0 Å². The fourth-order valence-corrected chi connectivity index (χ4v) is 4.12. The van der Waals surface area contributed by atoms with Crippen molar-refractivity contribution in [2.45, 2.75) is 64.8 Å². The summed E-state index contributed by atoms with van der Waals surface area (Å²) in [5.74, 6) is -0.0605. The van der Waals surface area contributed by atoms with E-state index in [1.54, 1.807) is 4.90 Å². The maximum absolute atomic E-state index is 12.4. The minimum absolute atomic E-state index is 0.00260. The lowest BCUT2D eigenvalue weighted by Gasteiger charge is -2.33. The van der Waals surface area contributed by atoms with Gasteiger partial charge in [0.1, 0.15) is 0 Å². The summed E-state index contributed by atoms with van der Waals surface area (Å²) < 4.78 is 25.6. The van der Waals surface area contributed by atoms with Crippen LogP contribution in [0.3, 0.4) is 0 Å². The van der Waals surface area contributed by atoms with Gasteiger partial charge in [-0.1, -0.05) is 33.1 Å². The van der Waals surface area contributed by atoms with Crippen molar-refractivity contribution in [3.8, 4) is 0 Å². The first-order chi connectivity index (χ1) is 9.90. The molecule has 0 atom stereocenters. The lowest BCUT2D eigenvalue weighted by Crippen LogP contribution is -2.48. The van der Waals surface area contributed by atoms with Crippen LogP contribution >= 0.6 is 0 Å². The molecule has 0 aromatic rings. The quantitative estimate of drug-likeness (QED) is 0.689. The van der Waals surface area contributed by atoms with Gasteiger partial charge in [0, 0.05) is 19.1 Å². The molecular formula is C15H30N2O3S. The van der Waals surface area contributed by atoms with Gasteiger partial charge in [-0.3, -0.25) is 4.79 Å².